The van der Waals surface area contributed by atoms with Gasteiger partial charge in [0, 0.05) is 18.0 Å². The zero-order valence-electron chi connectivity index (χ0n) is 16.9. The van der Waals surface area contributed by atoms with Crippen molar-refractivity contribution in [2.24, 2.45) is 0 Å². The van der Waals surface area contributed by atoms with Gasteiger partial charge >= 0.3 is 5.63 Å². The van der Waals surface area contributed by atoms with Crippen molar-refractivity contribution in [3.8, 4) is 18.1 Å². The van der Waals surface area contributed by atoms with Crippen molar-refractivity contribution in [2.45, 2.75) is 47.1 Å². The van der Waals surface area contributed by atoms with Crippen LogP contribution in [0, 0.1) is 12.3 Å². The van der Waals surface area contributed by atoms with E-state index in [4.69, 9.17) is 10.8 Å². The SMILES string of the molecule is C#CCN(C)Cc1c(O)c(Br)cc2c(CCC)cc(=O)oc12.C=CC.CC. The van der Waals surface area contributed by atoms with E-state index in [1.807, 2.05) is 32.7 Å². The number of allylic oxidation sites excluding steroid dienone is 1. The number of fused-ring (bicyclic) bond motifs is 1. The summed E-state index contributed by atoms with van der Waals surface area (Å²) in [5.41, 5.74) is 1.52. The van der Waals surface area contributed by atoms with Crippen molar-refractivity contribution in [1.29, 1.82) is 0 Å². The molecule has 0 spiro atoms. The van der Waals surface area contributed by atoms with Crippen LogP contribution in [0.5, 0.6) is 5.75 Å². The number of aryl methyl sites for hydroxylation is 1. The smallest absolute Gasteiger partial charge is 0.336 e. The Hall–Kier alpha value is -2.03. The van der Waals surface area contributed by atoms with Crippen molar-refractivity contribution in [2.75, 3.05) is 13.6 Å². The van der Waals surface area contributed by atoms with E-state index in [1.54, 1.807) is 12.1 Å². The lowest BCUT2D eigenvalue weighted by Crippen LogP contribution is -2.18. The Morgan fingerprint density at radius 1 is 1.41 bits per heavy atom. The van der Waals surface area contributed by atoms with Gasteiger partial charge in [0.1, 0.15) is 11.3 Å². The van der Waals surface area contributed by atoms with Gasteiger partial charge in [0.05, 0.1) is 16.6 Å². The summed E-state index contributed by atoms with van der Waals surface area (Å²) in [6.45, 7) is 12.1. The standard InChI is InChI=1S/C17H18BrNO3.C3H6.C2H6/c1-4-6-11-8-15(20)22-17-12(11)9-14(18)16(21)13(17)10-19(3)7-5-2;1-3-2;1-2/h2,8-9,21H,4,6-7,10H2,1,3H3;3H,1H2,2H3;1-2H3. The summed E-state index contributed by atoms with van der Waals surface area (Å²) >= 11 is 3.37. The number of halogens is 1. The van der Waals surface area contributed by atoms with Gasteiger partial charge in [0.2, 0.25) is 0 Å². The summed E-state index contributed by atoms with van der Waals surface area (Å²) in [6, 6.07) is 3.31. The molecular weight excluding hydrogens is 406 g/mol. The molecule has 0 fully saturated rings. The third kappa shape index (κ3) is 7.24. The molecular formula is C22H30BrNO3. The largest absolute Gasteiger partial charge is 0.506 e. The molecule has 27 heavy (non-hydrogen) atoms. The number of rotatable bonds is 5. The lowest BCUT2D eigenvalue weighted by molar-refractivity contribution is 0.356. The molecule has 0 atom stereocenters. The van der Waals surface area contributed by atoms with Gasteiger partial charge in [-0.15, -0.1) is 13.0 Å². The maximum Gasteiger partial charge on any atom is 0.336 e. The predicted molar refractivity (Wildman–Crippen MR) is 118 cm³/mol. The summed E-state index contributed by atoms with van der Waals surface area (Å²) < 4.78 is 5.96. The molecule has 0 bridgehead atoms. The van der Waals surface area contributed by atoms with Crippen LogP contribution in [0.4, 0.5) is 0 Å². The van der Waals surface area contributed by atoms with E-state index in [0.717, 1.165) is 23.8 Å². The zero-order chi connectivity index (χ0) is 21.0. The molecule has 0 aliphatic rings. The summed E-state index contributed by atoms with van der Waals surface area (Å²) in [4.78, 5) is 13.7. The Morgan fingerprint density at radius 3 is 2.52 bits per heavy atom. The van der Waals surface area contributed by atoms with Crippen LogP contribution in [-0.2, 0) is 13.0 Å². The molecule has 0 saturated carbocycles. The molecule has 0 aliphatic carbocycles. The zero-order valence-corrected chi connectivity index (χ0v) is 18.5. The number of hydrogen-bond donors (Lipinski definition) is 1. The first-order valence-electron chi connectivity index (χ1n) is 9.05. The highest BCUT2D eigenvalue weighted by atomic mass is 79.9. The van der Waals surface area contributed by atoms with Crippen LogP contribution in [0.1, 0.15) is 45.2 Å². The molecule has 5 heteroatoms. The van der Waals surface area contributed by atoms with Crippen LogP contribution in [0.25, 0.3) is 11.0 Å². The summed E-state index contributed by atoms with van der Waals surface area (Å²) in [5.74, 6) is 2.63. The van der Waals surface area contributed by atoms with E-state index in [1.165, 1.54) is 6.07 Å². The van der Waals surface area contributed by atoms with E-state index in [2.05, 4.69) is 35.4 Å². The Kier molecular flexibility index (Phi) is 12.2. The quantitative estimate of drug-likeness (QED) is 0.382. The van der Waals surface area contributed by atoms with Crippen LogP contribution in [0.3, 0.4) is 0 Å². The van der Waals surface area contributed by atoms with E-state index >= 15 is 0 Å². The van der Waals surface area contributed by atoms with Crippen molar-refractivity contribution < 1.29 is 9.52 Å². The van der Waals surface area contributed by atoms with Gasteiger partial charge in [-0.1, -0.05) is 39.2 Å². The van der Waals surface area contributed by atoms with Crippen molar-refractivity contribution in [3.63, 3.8) is 0 Å². The van der Waals surface area contributed by atoms with E-state index < -0.39 is 5.63 Å². The Morgan fingerprint density at radius 2 is 2.00 bits per heavy atom. The van der Waals surface area contributed by atoms with Crippen LogP contribution in [-0.4, -0.2) is 23.6 Å². The Bertz CT molecular complexity index is 834. The topological polar surface area (TPSA) is 53.7 Å². The van der Waals surface area contributed by atoms with E-state index in [0.29, 0.717) is 28.7 Å². The van der Waals surface area contributed by atoms with Gasteiger partial charge in [-0.3, -0.25) is 4.90 Å². The third-order valence-electron chi connectivity index (χ3n) is 3.45. The fraction of sp³-hybridized carbons (Fsp3) is 0.409. The second kappa shape index (κ2) is 13.2. The molecule has 0 radical (unpaired) electrons. The monoisotopic (exact) mass is 435 g/mol. The fourth-order valence-electron chi connectivity index (χ4n) is 2.48. The van der Waals surface area contributed by atoms with Crippen molar-refractivity contribution >= 4 is 26.9 Å². The van der Waals surface area contributed by atoms with Gasteiger partial charge < -0.3 is 9.52 Å². The minimum absolute atomic E-state index is 0.0770. The highest BCUT2D eigenvalue weighted by Crippen LogP contribution is 2.36. The number of hydrogen-bond acceptors (Lipinski definition) is 4. The highest BCUT2D eigenvalue weighted by molar-refractivity contribution is 9.10. The second-order valence-corrected chi connectivity index (χ2v) is 6.54. The molecule has 1 heterocycles. The highest BCUT2D eigenvalue weighted by Gasteiger charge is 2.17. The third-order valence-corrected chi connectivity index (χ3v) is 4.06. The molecule has 2 aromatic rings. The molecule has 1 aromatic heterocycles. The van der Waals surface area contributed by atoms with Crippen LogP contribution in [0.15, 0.2) is 38.5 Å². The number of terminal acetylenes is 1. The molecule has 0 aliphatic heterocycles. The van der Waals surface area contributed by atoms with Gasteiger partial charge in [-0.25, -0.2) is 4.79 Å². The number of phenolic OH excluding ortho intramolecular Hbond substituents is 1. The Labute approximate surface area is 171 Å². The Balaban J connectivity index is 0.00000123. The fourth-order valence-corrected chi connectivity index (χ4v) is 2.95. The average molecular weight is 436 g/mol. The first-order chi connectivity index (χ1) is 12.9. The molecule has 1 aromatic carbocycles. The van der Waals surface area contributed by atoms with Gasteiger partial charge in [-0.2, -0.15) is 0 Å². The minimum Gasteiger partial charge on any atom is -0.506 e. The predicted octanol–water partition coefficient (Wildman–Crippen LogP) is 5.50. The van der Waals surface area contributed by atoms with Gasteiger partial charge in [0.25, 0.3) is 0 Å². The van der Waals surface area contributed by atoms with Crippen LogP contribution < -0.4 is 5.63 Å². The summed E-state index contributed by atoms with van der Waals surface area (Å²) in [6.07, 6.45) is 8.76. The molecule has 1 N–H and O–H groups in total. The molecule has 0 amide bonds. The minimum atomic E-state index is -0.404. The molecule has 4 nitrogen and oxygen atoms in total. The first-order valence-corrected chi connectivity index (χ1v) is 9.84. The maximum absolute atomic E-state index is 11.8. The second-order valence-electron chi connectivity index (χ2n) is 5.69. The van der Waals surface area contributed by atoms with E-state index in [-0.39, 0.29) is 5.75 Å². The maximum atomic E-state index is 11.8. The number of phenols is 1. The lowest BCUT2D eigenvalue weighted by Gasteiger charge is -2.17. The molecule has 148 valence electrons. The summed E-state index contributed by atoms with van der Waals surface area (Å²) in [7, 11) is 1.85. The van der Waals surface area contributed by atoms with Gasteiger partial charge in [0.15, 0.2) is 0 Å². The molecule has 0 saturated heterocycles. The molecule has 2 rings (SSSR count). The molecule has 0 unspecified atom stereocenters. The van der Waals surface area contributed by atoms with Crippen LogP contribution in [0.2, 0.25) is 0 Å². The lowest BCUT2D eigenvalue weighted by atomic mass is 10.0. The summed E-state index contributed by atoms with van der Waals surface area (Å²) in [5, 5.41) is 11.2. The van der Waals surface area contributed by atoms with E-state index in [9.17, 15) is 9.90 Å². The normalized spacial score (nSPS) is 9.70. The van der Waals surface area contributed by atoms with Gasteiger partial charge in [-0.05, 0) is 48.0 Å². The average Bonchev–Trinajstić information content (AvgIpc) is 2.63. The van der Waals surface area contributed by atoms with Crippen LogP contribution >= 0.6 is 15.9 Å². The number of benzene rings is 1. The van der Waals surface area contributed by atoms with Crippen molar-refractivity contribution in [1.82, 2.24) is 4.90 Å². The first kappa shape index (κ1) is 25.0. The number of nitrogens with zero attached hydrogens (tertiary/aromatic N) is 1. The van der Waals surface area contributed by atoms with Crippen molar-refractivity contribution in [3.05, 3.63) is 50.8 Å². The number of aromatic hydroxyl groups is 1.